The lowest BCUT2D eigenvalue weighted by Gasteiger charge is -1.88. The lowest BCUT2D eigenvalue weighted by molar-refractivity contribution is 0.0697. The molecule has 0 saturated heterocycles. The number of nitrogens with zero attached hydrogens (tertiary/aromatic N) is 1. The molecule has 2 aromatic heterocycles. The summed E-state index contributed by atoms with van der Waals surface area (Å²) in [5.74, 6) is -0.879. The minimum atomic E-state index is -0.879. The van der Waals surface area contributed by atoms with Crippen molar-refractivity contribution in [3.05, 3.63) is 89.1 Å². The number of rotatable bonds is 1. The van der Waals surface area contributed by atoms with Crippen LogP contribution in [0.15, 0.2) is 78.0 Å². The molecule has 0 radical (unpaired) electrons. The van der Waals surface area contributed by atoms with Crippen molar-refractivity contribution in [2.24, 2.45) is 0 Å². The number of hydrogen-bond donors (Lipinski definition) is 3. The van der Waals surface area contributed by atoms with E-state index in [1.807, 2.05) is 6.07 Å². The van der Waals surface area contributed by atoms with E-state index in [1.165, 1.54) is 6.07 Å². The Kier molecular flexibility index (Phi) is 7.38. The van der Waals surface area contributed by atoms with Crippen LogP contribution in [0.3, 0.4) is 0 Å². The van der Waals surface area contributed by atoms with Crippen LogP contribution in [0, 0.1) is 0 Å². The number of benzene rings is 1. The number of H-pyrrole nitrogens is 2. The highest BCUT2D eigenvalue weighted by molar-refractivity contribution is 5.87. The first-order chi connectivity index (χ1) is 10.2. The third kappa shape index (κ3) is 7.78. The van der Waals surface area contributed by atoms with Crippen LogP contribution < -0.4 is 5.56 Å². The number of aromatic nitrogens is 3. The summed E-state index contributed by atoms with van der Waals surface area (Å²) in [6.45, 7) is 0. The van der Waals surface area contributed by atoms with Crippen LogP contribution in [0.4, 0.5) is 0 Å². The van der Waals surface area contributed by atoms with Crippen LogP contribution in [0.1, 0.15) is 10.4 Å². The summed E-state index contributed by atoms with van der Waals surface area (Å²) in [6, 6.07) is 15.1. The zero-order chi connectivity index (χ0) is 15.3. The molecule has 0 spiro atoms. The fraction of sp³-hybridized carbons (Fsp3) is 0. The van der Waals surface area contributed by atoms with Crippen LogP contribution in [-0.4, -0.2) is 26.3 Å². The summed E-state index contributed by atoms with van der Waals surface area (Å²) in [4.78, 5) is 22.9. The first kappa shape index (κ1) is 15.9. The van der Waals surface area contributed by atoms with Crippen LogP contribution in [0.2, 0.25) is 0 Å². The van der Waals surface area contributed by atoms with Crippen molar-refractivity contribution in [1.29, 1.82) is 0 Å². The van der Waals surface area contributed by atoms with Crippen molar-refractivity contribution in [3.63, 3.8) is 0 Å². The smallest absolute Gasteiger partial charge is 0.335 e. The van der Waals surface area contributed by atoms with E-state index >= 15 is 0 Å². The van der Waals surface area contributed by atoms with E-state index in [0.717, 1.165) is 0 Å². The zero-order valence-corrected chi connectivity index (χ0v) is 11.1. The van der Waals surface area contributed by atoms with Crippen molar-refractivity contribution >= 4 is 5.97 Å². The molecule has 0 atom stereocenters. The second-order valence-corrected chi connectivity index (χ2v) is 3.66. The molecule has 0 unspecified atom stereocenters. The maximum Gasteiger partial charge on any atom is 0.335 e. The molecule has 0 aliphatic carbocycles. The molecule has 6 heteroatoms. The van der Waals surface area contributed by atoms with Crippen LogP contribution in [-0.2, 0) is 0 Å². The maximum absolute atomic E-state index is 10.2. The molecule has 0 fully saturated rings. The molecule has 3 rings (SSSR count). The number of carbonyl (C=O) groups is 1. The van der Waals surface area contributed by atoms with Gasteiger partial charge in [0.05, 0.1) is 5.56 Å². The molecule has 6 nitrogen and oxygen atoms in total. The first-order valence-electron chi connectivity index (χ1n) is 6.06. The summed E-state index contributed by atoms with van der Waals surface area (Å²) in [5, 5.41) is 14.6. The molecule has 108 valence electrons. The number of carboxylic acid groups (broad SMARTS) is 1. The van der Waals surface area contributed by atoms with Gasteiger partial charge in [0.1, 0.15) is 0 Å². The Balaban J connectivity index is 0.000000164. The molecule has 2 heterocycles. The van der Waals surface area contributed by atoms with E-state index in [0.29, 0.717) is 5.56 Å². The quantitative estimate of drug-likeness (QED) is 0.638. The molecule has 3 N–H and O–H groups in total. The Morgan fingerprint density at radius 1 is 0.952 bits per heavy atom. The summed E-state index contributed by atoms with van der Waals surface area (Å²) < 4.78 is 0. The summed E-state index contributed by atoms with van der Waals surface area (Å²) in [7, 11) is 0. The molecule has 0 amide bonds. The molecule has 21 heavy (non-hydrogen) atoms. The highest BCUT2D eigenvalue weighted by atomic mass is 16.4. The number of aromatic amines is 2. The monoisotopic (exact) mass is 285 g/mol. The minimum absolute atomic E-state index is 0.0532. The van der Waals surface area contributed by atoms with Gasteiger partial charge in [-0.15, -0.1) is 0 Å². The second-order valence-electron chi connectivity index (χ2n) is 3.66. The summed E-state index contributed by atoms with van der Waals surface area (Å²) in [5.41, 5.74) is 0.278. The van der Waals surface area contributed by atoms with Crippen molar-refractivity contribution in [2.45, 2.75) is 0 Å². The van der Waals surface area contributed by atoms with E-state index in [4.69, 9.17) is 5.11 Å². The van der Waals surface area contributed by atoms with E-state index in [1.54, 1.807) is 61.1 Å². The Morgan fingerprint density at radius 3 is 1.95 bits per heavy atom. The lowest BCUT2D eigenvalue weighted by Crippen LogP contribution is -1.98. The molecule has 3 aromatic rings. The lowest BCUT2D eigenvalue weighted by atomic mass is 10.2. The summed E-state index contributed by atoms with van der Waals surface area (Å²) >= 11 is 0. The van der Waals surface area contributed by atoms with Gasteiger partial charge in [0, 0.05) is 24.7 Å². The minimum Gasteiger partial charge on any atom is -0.478 e. The van der Waals surface area contributed by atoms with Crippen LogP contribution in [0.5, 0.6) is 0 Å². The number of carboxylic acids is 1. The average Bonchev–Trinajstić information content (AvgIpc) is 3.09. The highest BCUT2D eigenvalue weighted by Crippen LogP contribution is 1.96. The van der Waals surface area contributed by atoms with Gasteiger partial charge in [-0.3, -0.25) is 9.89 Å². The predicted octanol–water partition coefficient (Wildman–Crippen LogP) is 2.17. The normalized spacial score (nSPS) is 8.57. The van der Waals surface area contributed by atoms with Gasteiger partial charge < -0.3 is 10.1 Å². The van der Waals surface area contributed by atoms with Crippen LogP contribution >= 0.6 is 0 Å². The van der Waals surface area contributed by atoms with Crippen molar-refractivity contribution in [3.8, 4) is 0 Å². The summed E-state index contributed by atoms with van der Waals surface area (Å²) in [6.07, 6.45) is 5.06. The van der Waals surface area contributed by atoms with E-state index < -0.39 is 5.97 Å². The number of nitrogens with one attached hydrogen (secondary N) is 2. The molecule has 0 saturated carbocycles. The van der Waals surface area contributed by atoms with Gasteiger partial charge in [0.2, 0.25) is 5.56 Å². The third-order valence-corrected chi connectivity index (χ3v) is 2.11. The standard InChI is InChI=1S/C7H6O2.C5H5NO.C3H4N2/c8-7(9)6-4-2-1-3-5-6;7-5-3-1-2-4-6-5;1-2-4-5-3-1/h1-5H,(H,8,9);1-4H,(H,6,7);1-3H,(H,4,5). The number of aromatic carboxylic acids is 1. The van der Waals surface area contributed by atoms with Gasteiger partial charge in [-0.2, -0.15) is 5.10 Å². The molecular weight excluding hydrogens is 270 g/mol. The predicted molar refractivity (Wildman–Crippen MR) is 79.1 cm³/mol. The third-order valence-electron chi connectivity index (χ3n) is 2.11. The van der Waals surface area contributed by atoms with Gasteiger partial charge in [-0.1, -0.05) is 24.3 Å². The number of hydrogen-bond acceptors (Lipinski definition) is 3. The average molecular weight is 285 g/mol. The largest absolute Gasteiger partial charge is 0.478 e. The zero-order valence-electron chi connectivity index (χ0n) is 11.1. The van der Waals surface area contributed by atoms with E-state index in [-0.39, 0.29) is 5.56 Å². The fourth-order valence-corrected chi connectivity index (χ4v) is 1.17. The molecule has 0 bridgehead atoms. The maximum atomic E-state index is 10.2. The Bertz CT molecular complexity index is 629. The van der Waals surface area contributed by atoms with Crippen molar-refractivity contribution < 1.29 is 9.90 Å². The number of pyridine rings is 1. The second kappa shape index (κ2) is 9.74. The van der Waals surface area contributed by atoms with Crippen molar-refractivity contribution in [1.82, 2.24) is 15.2 Å². The molecule has 0 aliphatic rings. The van der Waals surface area contributed by atoms with Gasteiger partial charge in [0.25, 0.3) is 0 Å². The Labute approximate surface area is 121 Å². The molecule has 0 aliphatic heterocycles. The SMILES string of the molecule is O=C(O)c1ccccc1.O=c1cccc[nH]1.c1cn[nH]c1. The van der Waals surface area contributed by atoms with E-state index in [2.05, 4.69) is 15.2 Å². The van der Waals surface area contributed by atoms with Gasteiger partial charge >= 0.3 is 5.97 Å². The van der Waals surface area contributed by atoms with E-state index in [9.17, 15) is 9.59 Å². The fourth-order valence-electron chi connectivity index (χ4n) is 1.17. The Hall–Kier alpha value is -3.15. The Morgan fingerprint density at radius 2 is 1.67 bits per heavy atom. The highest BCUT2D eigenvalue weighted by Gasteiger charge is 1.96. The topological polar surface area (TPSA) is 98.8 Å². The molecule has 1 aromatic carbocycles. The first-order valence-corrected chi connectivity index (χ1v) is 6.06. The van der Waals surface area contributed by atoms with Gasteiger partial charge in [-0.25, -0.2) is 4.79 Å². The van der Waals surface area contributed by atoms with Crippen LogP contribution in [0.25, 0.3) is 0 Å². The van der Waals surface area contributed by atoms with Gasteiger partial charge in [0.15, 0.2) is 0 Å². The molecular formula is C15H15N3O3. The van der Waals surface area contributed by atoms with Gasteiger partial charge in [-0.05, 0) is 24.3 Å². The van der Waals surface area contributed by atoms with Crippen molar-refractivity contribution in [2.75, 3.05) is 0 Å².